The molecule has 1 aromatic heterocycles. The van der Waals surface area contributed by atoms with E-state index >= 15 is 0 Å². The first-order valence-electron chi connectivity index (χ1n) is 8.65. The molecule has 0 aliphatic carbocycles. The molecule has 2 unspecified atom stereocenters. The Kier molecular flexibility index (Phi) is 3.21. The van der Waals surface area contributed by atoms with Gasteiger partial charge in [0.05, 0.1) is 11.9 Å². The lowest BCUT2D eigenvalue weighted by Crippen LogP contribution is -2.33. The summed E-state index contributed by atoms with van der Waals surface area (Å²) in [5, 5.41) is 10.2. The number of amides is 2. The van der Waals surface area contributed by atoms with Crippen molar-refractivity contribution in [2.75, 3.05) is 4.90 Å². The van der Waals surface area contributed by atoms with Crippen LogP contribution in [0.15, 0.2) is 53.8 Å². The molecule has 0 saturated carbocycles. The van der Waals surface area contributed by atoms with Gasteiger partial charge in [-0.3, -0.25) is 14.3 Å². The lowest BCUT2D eigenvalue weighted by molar-refractivity contribution is -0.126. The second-order valence-corrected chi connectivity index (χ2v) is 6.79. The molecule has 2 aromatic carbocycles. The van der Waals surface area contributed by atoms with E-state index in [0.29, 0.717) is 11.4 Å². The van der Waals surface area contributed by atoms with Crippen molar-refractivity contribution >= 4 is 34.0 Å². The zero-order chi connectivity index (χ0) is 18.7. The van der Waals surface area contributed by atoms with Gasteiger partial charge in [-0.2, -0.15) is 5.10 Å². The number of fused-ring (bicyclic) bond motifs is 2. The molecule has 0 radical (unpaired) electrons. The first-order valence-corrected chi connectivity index (χ1v) is 8.65. The molecule has 7 nitrogen and oxygen atoms in total. The minimum absolute atomic E-state index is 0.320. The highest BCUT2D eigenvalue weighted by Gasteiger charge is 2.56. The number of aryl methyl sites for hydroxylation is 1. The van der Waals surface area contributed by atoms with Crippen LogP contribution in [0.3, 0.4) is 0 Å². The second-order valence-electron chi connectivity index (χ2n) is 6.79. The Morgan fingerprint density at radius 3 is 2.56 bits per heavy atom. The lowest BCUT2D eigenvalue weighted by atomic mass is 9.94. The van der Waals surface area contributed by atoms with Crippen molar-refractivity contribution < 1.29 is 14.4 Å². The van der Waals surface area contributed by atoms with Gasteiger partial charge in [0.1, 0.15) is 11.6 Å². The van der Waals surface area contributed by atoms with Gasteiger partial charge in [0.2, 0.25) is 12.0 Å². The molecule has 0 bridgehead atoms. The van der Waals surface area contributed by atoms with E-state index in [1.165, 1.54) is 4.90 Å². The summed E-state index contributed by atoms with van der Waals surface area (Å²) in [6, 6.07) is 13.3. The second kappa shape index (κ2) is 5.51. The van der Waals surface area contributed by atoms with Crippen molar-refractivity contribution in [3.05, 3.63) is 59.9 Å². The number of hydrogen-bond donors (Lipinski definition) is 0. The number of carbonyl (C=O) groups is 2. The molecule has 2 aliphatic heterocycles. The summed E-state index contributed by atoms with van der Waals surface area (Å²) in [4.78, 5) is 32.6. The first-order chi connectivity index (χ1) is 13.1. The number of benzene rings is 2. The third kappa shape index (κ3) is 2.14. The van der Waals surface area contributed by atoms with Gasteiger partial charge in [-0.25, -0.2) is 4.90 Å². The van der Waals surface area contributed by atoms with Crippen molar-refractivity contribution in [2.45, 2.75) is 13.0 Å². The Labute approximate surface area is 154 Å². The number of imide groups is 1. The minimum atomic E-state index is -0.918. The van der Waals surface area contributed by atoms with Crippen LogP contribution in [0.1, 0.15) is 11.3 Å². The van der Waals surface area contributed by atoms with Crippen LogP contribution in [-0.4, -0.2) is 33.4 Å². The summed E-state index contributed by atoms with van der Waals surface area (Å²) in [5.41, 5.74) is 2.60. The molecule has 7 heteroatoms. The molecule has 0 N–H and O–H groups in total. The van der Waals surface area contributed by atoms with Crippen LogP contribution in [0.2, 0.25) is 0 Å². The highest BCUT2D eigenvalue weighted by atomic mass is 16.6. The number of aromatic nitrogens is 2. The number of carbonyl (C=O) groups excluding carboxylic acids is 2. The van der Waals surface area contributed by atoms with Gasteiger partial charge < -0.3 is 4.84 Å². The number of anilines is 1. The fraction of sp³-hybridized carbons (Fsp3) is 0.200. The molecule has 2 amide bonds. The summed E-state index contributed by atoms with van der Waals surface area (Å²) in [6.07, 6.45) is 0.731. The Hall–Kier alpha value is -3.48. The minimum Gasteiger partial charge on any atom is -0.381 e. The van der Waals surface area contributed by atoms with E-state index in [-0.39, 0.29) is 11.8 Å². The van der Waals surface area contributed by atoms with Gasteiger partial charge >= 0.3 is 0 Å². The third-order valence-corrected chi connectivity index (χ3v) is 5.31. The van der Waals surface area contributed by atoms with E-state index in [0.717, 1.165) is 22.0 Å². The van der Waals surface area contributed by atoms with Crippen molar-refractivity contribution in [3.8, 4) is 0 Å². The fourth-order valence-corrected chi connectivity index (χ4v) is 3.72. The molecule has 0 spiro atoms. The van der Waals surface area contributed by atoms with Crippen molar-refractivity contribution in [1.29, 1.82) is 0 Å². The zero-order valence-corrected chi connectivity index (χ0v) is 14.8. The van der Waals surface area contributed by atoms with E-state index in [1.54, 1.807) is 16.9 Å². The van der Waals surface area contributed by atoms with Crippen LogP contribution in [0.4, 0.5) is 5.69 Å². The van der Waals surface area contributed by atoms with Crippen LogP contribution < -0.4 is 4.90 Å². The van der Waals surface area contributed by atoms with E-state index in [2.05, 4.69) is 10.3 Å². The Balaban J connectivity index is 1.55. The number of rotatable bonds is 2. The Morgan fingerprint density at radius 1 is 1.04 bits per heavy atom. The quantitative estimate of drug-likeness (QED) is 0.657. The topological polar surface area (TPSA) is 76.8 Å². The molecular weight excluding hydrogens is 344 g/mol. The van der Waals surface area contributed by atoms with Crippen LogP contribution in [0, 0.1) is 12.8 Å². The normalized spacial score (nSPS) is 21.6. The average Bonchev–Trinajstić information content (AvgIpc) is 3.32. The summed E-state index contributed by atoms with van der Waals surface area (Å²) in [6.45, 7) is 1.89. The predicted molar refractivity (Wildman–Crippen MR) is 99.3 cm³/mol. The van der Waals surface area contributed by atoms with Crippen LogP contribution >= 0.6 is 0 Å². The largest absolute Gasteiger partial charge is 0.381 e. The van der Waals surface area contributed by atoms with Crippen molar-refractivity contribution in [3.63, 3.8) is 0 Å². The maximum absolute atomic E-state index is 13.2. The molecule has 1 fully saturated rings. The number of oxime groups is 1. The molecular formula is C20H16N4O3. The molecule has 3 aromatic rings. The summed E-state index contributed by atoms with van der Waals surface area (Å²) < 4.78 is 1.70. The molecule has 27 heavy (non-hydrogen) atoms. The Morgan fingerprint density at radius 2 is 1.81 bits per heavy atom. The smallest absolute Gasteiger partial charge is 0.278 e. The highest BCUT2D eigenvalue weighted by molar-refractivity contribution is 6.32. The van der Waals surface area contributed by atoms with E-state index in [4.69, 9.17) is 4.84 Å². The Bertz CT molecular complexity index is 1150. The molecule has 2 aliphatic rings. The molecule has 5 rings (SSSR count). The maximum Gasteiger partial charge on any atom is 0.278 e. The summed E-state index contributed by atoms with van der Waals surface area (Å²) in [5.74, 6) is -1.45. The zero-order valence-electron chi connectivity index (χ0n) is 14.8. The predicted octanol–water partition coefficient (Wildman–Crippen LogP) is 2.17. The van der Waals surface area contributed by atoms with Crippen LogP contribution in [-0.2, 0) is 21.5 Å². The van der Waals surface area contributed by atoms with E-state index in [1.807, 2.05) is 50.4 Å². The van der Waals surface area contributed by atoms with E-state index in [9.17, 15) is 9.59 Å². The summed E-state index contributed by atoms with van der Waals surface area (Å²) >= 11 is 0. The van der Waals surface area contributed by atoms with Crippen LogP contribution in [0.25, 0.3) is 10.8 Å². The standard InChI is InChI=1S/C20H16N4O3/c1-11-15(10-21-23(11)2)17-16-18(27-22-17)20(26)24(19(16)25)14-8-7-12-5-3-4-6-13(12)9-14/h3-10,16,18H,1-2H3. The first kappa shape index (κ1) is 15.7. The van der Waals surface area contributed by atoms with Gasteiger partial charge in [0, 0.05) is 18.3 Å². The summed E-state index contributed by atoms with van der Waals surface area (Å²) in [7, 11) is 1.82. The van der Waals surface area contributed by atoms with Crippen molar-refractivity contribution in [1.82, 2.24) is 9.78 Å². The van der Waals surface area contributed by atoms with Gasteiger partial charge in [-0.1, -0.05) is 35.5 Å². The maximum atomic E-state index is 13.2. The van der Waals surface area contributed by atoms with Gasteiger partial charge in [0.15, 0.2) is 0 Å². The highest BCUT2D eigenvalue weighted by Crippen LogP contribution is 2.36. The molecule has 1 saturated heterocycles. The van der Waals surface area contributed by atoms with Gasteiger partial charge in [-0.05, 0) is 29.8 Å². The van der Waals surface area contributed by atoms with Crippen molar-refractivity contribution in [2.24, 2.45) is 18.1 Å². The number of nitrogens with zero attached hydrogens (tertiary/aromatic N) is 4. The van der Waals surface area contributed by atoms with Gasteiger partial charge in [0.25, 0.3) is 5.91 Å². The van der Waals surface area contributed by atoms with Gasteiger partial charge in [-0.15, -0.1) is 0 Å². The number of hydrogen-bond acceptors (Lipinski definition) is 5. The molecule has 2 atom stereocenters. The van der Waals surface area contributed by atoms with Crippen LogP contribution in [0.5, 0.6) is 0 Å². The average molecular weight is 360 g/mol. The SMILES string of the molecule is Cc1c(C2=NOC3C(=O)N(c4ccc5ccccc5c4)C(=O)C23)cnn1C. The third-order valence-electron chi connectivity index (χ3n) is 5.31. The lowest BCUT2D eigenvalue weighted by Gasteiger charge is -2.16. The monoisotopic (exact) mass is 360 g/mol. The molecule has 3 heterocycles. The fourth-order valence-electron chi connectivity index (χ4n) is 3.72. The van der Waals surface area contributed by atoms with E-state index < -0.39 is 12.0 Å². The molecule has 134 valence electrons.